The van der Waals surface area contributed by atoms with Gasteiger partial charge in [-0.1, -0.05) is 18.2 Å². The van der Waals surface area contributed by atoms with Crippen LogP contribution in [0.25, 0.3) is 5.69 Å². The Labute approximate surface area is 111 Å². The molecular weight excluding hydrogens is 266 g/mol. The maximum absolute atomic E-state index is 11.9. The topological polar surface area (TPSA) is 81.1 Å². The zero-order valence-electron chi connectivity index (χ0n) is 10.5. The van der Waals surface area contributed by atoms with Crippen molar-refractivity contribution in [2.75, 3.05) is 6.26 Å². The van der Waals surface area contributed by atoms with E-state index < -0.39 is 15.9 Å². The van der Waals surface area contributed by atoms with Crippen LogP contribution in [0, 0.1) is 6.92 Å². The van der Waals surface area contributed by atoms with Crippen molar-refractivity contribution in [1.29, 1.82) is 0 Å². The molecule has 1 heterocycles. The van der Waals surface area contributed by atoms with Crippen LogP contribution in [-0.4, -0.2) is 30.1 Å². The zero-order chi connectivity index (χ0) is 14.0. The quantitative estimate of drug-likeness (QED) is 0.904. The van der Waals surface area contributed by atoms with E-state index in [1.807, 2.05) is 35.1 Å². The van der Waals surface area contributed by atoms with Crippen molar-refractivity contribution in [3.05, 3.63) is 48.0 Å². The maximum Gasteiger partial charge on any atom is 0.283 e. The molecule has 0 fully saturated rings. The maximum atomic E-state index is 11.9. The van der Waals surface area contributed by atoms with Crippen molar-refractivity contribution in [3.63, 3.8) is 0 Å². The highest BCUT2D eigenvalue weighted by Crippen LogP contribution is 2.14. The van der Waals surface area contributed by atoms with Gasteiger partial charge in [-0.15, -0.1) is 0 Å². The smallest absolute Gasteiger partial charge is 0.283 e. The van der Waals surface area contributed by atoms with Crippen LogP contribution in [0.15, 0.2) is 36.5 Å². The number of sulfonamides is 1. The van der Waals surface area contributed by atoms with Gasteiger partial charge in [0.1, 0.15) is 11.5 Å². The molecule has 19 heavy (non-hydrogen) atoms. The first-order valence-electron chi connectivity index (χ1n) is 5.50. The van der Waals surface area contributed by atoms with Gasteiger partial charge in [-0.05, 0) is 19.1 Å². The molecule has 0 spiro atoms. The summed E-state index contributed by atoms with van der Waals surface area (Å²) < 4.78 is 25.7. The van der Waals surface area contributed by atoms with Crippen LogP contribution in [0.5, 0.6) is 0 Å². The number of carbonyl (C=O) groups excluding carboxylic acids is 1. The summed E-state index contributed by atoms with van der Waals surface area (Å²) in [5, 5.41) is 0. The fourth-order valence-corrected chi connectivity index (χ4v) is 2.17. The number of benzene rings is 1. The van der Waals surface area contributed by atoms with Crippen LogP contribution < -0.4 is 4.72 Å². The lowest BCUT2D eigenvalue weighted by molar-refractivity contribution is 0.0975. The minimum Gasteiger partial charge on any atom is -0.292 e. The van der Waals surface area contributed by atoms with Gasteiger partial charge < -0.3 is 0 Å². The number of hydrogen-bond acceptors (Lipinski definition) is 4. The van der Waals surface area contributed by atoms with E-state index in [1.165, 1.54) is 6.20 Å². The first-order chi connectivity index (χ1) is 8.88. The number of carbonyl (C=O) groups is 1. The van der Waals surface area contributed by atoms with Gasteiger partial charge in [0, 0.05) is 5.69 Å². The summed E-state index contributed by atoms with van der Waals surface area (Å²) in [6.45, 7) is 1.74. The fourth-order valence-electron chi connectivity index (χ4n) is 1.73. The zero-order valence-corrected chi connectivity index (χ0v) is 11.3. The molecule has 0 bridgehead atoms. The van der Waals surface area contributed by atoms with Gasteiger partial charge in [-0.3, -0.25) is 9.36 Å². The molecule has 1 aromatic carbocycles. The number of para-hydroxylation sites is 1. The predicted molar refractivity (Wildman–Crippen MR) is 70.6 cm³/mol. The molecule has 100 valence electrons. The van der Waals surface area contributed by atoms with Crippen molar-refractivity contribution < 1.29 is 13.2 Å². The number of aryl methyl sites for hydroxylation is 1. The van der Waals surface area contributed by atoms with Crippen LogP contribution in [0.4, 0.5) is 0 Å². The van der Waals surface area contributed by atoms with Crippen molar-refractivity contribution in [2.24, 2.45) is 0 Å². The molecular formula is C12H13N3O3S. The van der Waals surface area contributed by atoms with Gasteiger partial charge >= 0.3 is 0 Å². The lowest BCUT2D eigenvalue weighted by Crippen LogP contribution is -2.30. The molecule has 1 aromatic heterocycles. The van der Waals surface area contributed by atoms with Crippen LogP contribution in [-0.2, 0) is 10.0 Å². The molecule has 0 atom stereocenters. The van der Waals surface area contributed by atoms with Crippen molar-refractivity contribution in [1.82, 2.24) is 14.3 Å². The van der Waals surface area contributed by atoms with Gasteiger partial charge in [0.25, 0.3) is 5.91 Å². The summed E-state index contributed by atoms with van der Waals surface area (Å²) >= 11 is 0. The Hall–Kier alpha value is -2.15. The summed E-state index contributed by atoms with van der Waals surface area (Å²) in [7, 11) is -3.60. The van der Waals surface area contributed by atoms with Gasteiger partial charge in [-0.25, -0.2) is 18.1 Å². The van der Waals surface area contributed by atoms with Gasteiger partial charge in [0.15, 0.2) is 0 Å². The third-order valence-electron chi connectivity index (χ3n) is 2.46. The molecule has 2 rings (SSSR count). The summed E-state index contributed by atoms with van der Waals surface area (Å²) in [5.41, 5.74) is 0.922. The monoisotopic (exact) mass is 279 g/mol. The van der Waals surface area contributed by atoms with E-state index in [0.717, 1.165) is 11.9 Å². The molecule has 0 saturated carbocycles. The van der Waals surface area contributed by atoms with E-state index in [1.54, 1.807) is 11.5 Å². The molecule has 2 aromatic rings. The first kappa shape index (κ1) is 13.3. The second-order valence-corrected chi connectivity index (χ2v) is 5.81. The first-order valence-corrected chi connectivity index (χ1v) is 7.39. The Morgan fingerprint density at radius 3 is 2.47 bits per heavy atom. The summed E-state index contributed by atoms with van der Waals surface area (Å²) in [4.78, 5) is 16.0. The normalized spacial score (nSPS) is 11.3. The molecule has 0 aliphatic carbocycles. The van der Waals surface area contributed by atoms with E-state index >= 15 is 0 Å². The number of nitrogens with zero attached hydrogens (tertiary/aromatic N) is 2. The van der Waals surface area contributed by atoms with Crippen LogP contribution in [0.3, 0.4) is 0 Å². The summed E-state index contributed by atoms with van der Waals surface area (Å²) in [5.74, 6) is -0.100. The third kappa shape index (κ3) is 3.00. The minimum atomic E-state index is -3.60. The van der Waals surface area contributed by atoms with E-state index in [2.05, 4.69) is 4.98 Å². The molecule has 0 saturated heterocycles. The fraction of sp³-hybridized carbons (Fsp3) is 0.167. The highest BCUT2D eigenvalue weighted by atomic mass is 32.2. The van der Waals surface area contributed by atoms with Gasteiger partial charge in [-0.2, -0.15) is 0 Å². The highest BCUT2D eigenvalue weighted by molar-refractivity contribution is 7.89. The van der Waals surface area contributed by atoms with Crippen molar-refractivity contribution in [3.8, 4) is 5.69 Å². The Morgan fingerprint density at radius 1 is 1.26 bits per heavy atom. The van der Waals surface area contributed by atoms with Gasteiger partial charge in [0.2, 0.25) is 10.0 Å². The second-order valence-electron chi connectivity index (χ2n) is 4.06. The molecule has 6 nitrogen and oxygen atoms in total. The summed E-state index contributed by atoms with van der Waals surface area (Å²) in [6.07, 6.45) is 2.28. The molecule has 1 N–H and O–H groups in total. The molecule has 0 unspecified atom stereocenters. The standard InChI is InChI=1S/C12H13N3O3S/c1-9-13-8-11(12(16)14-19(2,17)18)15(9)10-6-4-3-5-7-10/h3-8H,1-2H3,(H,14,16). The van der Waals surface area contributed by atoms with Crippen molar-refractivity contribution >= 4 is 15.9 Å². The SMILES string of the molecule is Cc1ncc(C(=O)NS(C)(=O)=O)n1-c1ccccc1. The Kier molecular flexibility index (Phi) is 3.39. The van der Waals surface area contributed by atoms with E-state index in [9.17, 15) is 13.2 Å². The van der Waals surface area contributed by atoms with E-state index in [0.29, 0.717) is 5.82 Å². The van der Waals surface area contributed by atoms with Crippen LogP contribution >= 0.6 is 0 Å². The number of imidazole rings is 1. The largest absolute Gasteiger partial charge is 0.292 e. The Morgan fingerprint density at radius 2 is 1.89 bits per heavy atom. The lowest BCUT2D eigenvalue weighted by Gasteiger charge is -2.09. The van der Waals surface area contributed by atoms with Crippen molar-refractivity contribution in [2.45, 2.75) is 6.92 Å². The number of nitrogens with one attached hydrogen (secondary N) is 1. The molecule has 1 amide bonds. The van der Waals surface area contributed by atoms with Crippen LogP contribution in [0.2, 0.25) is 0 Å². The Balaban J connectivity index is 2.47. The number of hydrogen-bond donors (Lipinski definition) is 1. The van der Waals surface area contributed by atoms with E-state index in [4.69, 9.17) is 0 Å². The predicted octanol–water partition coefficient (Wildman–Crippen LogP) is 0.870. The number of rotatable bonds is 3. The number of aromatic nitrogens is 2. The summed E-state index contributed by atoms with van der Waals surface area (Å²) in [6, 6.07) is 9.13. The minimum absolute atomic E-state index is 0.175. The average Bonchev–Trinajstić information content (AvgIpc) is 2.70. The lowest BCUT2D eigenvalue weighted by atomic mass is 10.3. The molecule has 0 radical (unpaired) electrons. The van der Waals surface area contributed by atoms with Gasteiger partial charge in [0.05, 0.1) is 12.5 Å². The van der Waals surface area contributed by atoms with Crippen LogP contribution in [0.1, 0.15) is 16.3 Å². The highest BCUT2D eigenvalue weighted by Gasteiger charge is 2.18. The Bertz CT molecular complexity index is 705. The number of amides is 1. The molecule has 0 aliphatic heterocycles. The molecule has 0 aliphatic rings. The third-order valence-corrected chi connectivity index (χ3v) is 3.02. The van der Waals surface area contributed by atoms with E-state index in [-0.39, 0.29) is 5.69 Å². The molecule has 7 heteroatoms. The second kappa shape index (κ2) is 4.85. The average molecular weight is 279 g/mol.